The van der Waals surface area contributed by atoms with Gasteiger partial charge >= 0.3 is 0 Å². The molecule has 0 unspecified atom stereocenters. The molecule has 0 aliphatic heterocycles. The van der Waals surface area contributed by atoms with Gasteiger partial charge in [0.25, 0.3) is 10.0 Å². The third-order valence-electron chi connectivity index (χ3n) is 4.32. The summed E-state index contributed by atoms with van der Waals surface area (Å²) in [5.74, 6) is -2.40. The molecule has 0 fully saturated rings. The average Bonchev–Trinajstić information content (AvgIpc) is 2.75. The van der Waals surface area contributed by atoms with E-state index >= 15 is 0 Å². The number of carbonyl (C=O) groups is 1. The fourth-order valence-electron chi connectivity index (χ4n) is 2.85. The Morgan fingerprint density at radius 2 is 1.45 bits per heavy atom. The molecule has 0 spiro atoms. The first kappa shape index (κ1) is 20.1. The van der Waals surface area contributed by atoms with Gasteiger partial charge < -0.3 is 20.3 Å². The molecule has 1 aromatic heterocycles. The van der Waals surface area contributed by atoms with E-state index < -0.39 is 27.3 Å². The van der Waals surface area contributed by atoms with Crippen molar-refractivity contribution in [3.8, 4) is 5.75 Å². The molecule has 9 nitrogen and oxygen atoms in total. The topological polar surface area (TPSA) is 147 Å². The van der Waals surface area contributed by atoms with Gasteiger partial charge in [0, 0.05) is 5.69 Å². The van der Waals surface area contributed by atoms with Crippen LogP contribution in [0.25, 0.3) is 11.0 Å². The number of carboxylic acid groups (broad SMARTS) is 1. The smallest absolute Gasteiger partial charge is 0.263 e. The molecule has 3 aromatic carbocycles. The van der Waals surface area contributed by atoms with Crippen LogP contribution in [0.4, 0.5) is 17.3 Å². The maximum atomic E-state index is 12.8. The Bertz CT molecular complexity index is 1390. The number of fused-ring (bicyclic) bond motifs is 1. The summed E-state index contributed by atoms with van der Waals surface area (Å²) in [5, 5.41) is 25.7. The molecule has 0 amide bonds. The zero-order valence-corrected chi connectivity index (χ0v) is 16.6. The second kappa shape index (κ2) is 7.92. The first-order valence-electron chi connectivity index (χ1n) is 8.97. The number of carbonyl (C=O) groups excluding carboxylic acids is 1. The van der Waals surface area contributed by atoms with Gasteiger partial charge in [0.2, 0.25) is 0 Å². The summed E-state index contributed by atoms with van der Waals surface area (Å²) >= 11 is 0. The predicted molar refractivity (Wildman–Crippen MR) is 110 cm³/mol. The Hall–Kier alpha value is -4.18. The molecule has 1 heterocycles. The number of nitrogens with one attached hydrogen (secondary N) is 2. The van der Waals surface area contributed by atoms with E-state index in [-0.39, 0.29) is 22.2 Å². The van der Waals surface area contributed by atoms with Crippen LogP contribution in [-0.2, 0) is 10.0 Å². The van der Waals surface area contributed by atoms with Gasteiger partial charge in [-0.25, -0.2) is 18.4 Å². The SMILES string of the molecule is O=C([O-])c1cc(Nc2nc3ccccc3nc2NS(=O)(=O)c2ccccc2)ccc1[O-]. The van der Waals surface area contributed by atoms with Crippen LogP contribution in [0.15, 0.2) is 77.7 Å². The van der Waals surface area contributed by atoms with E-state index in [1.165, 1.54) is 18.2 Å². The van der Waals surface area contributed by atoms with Crippen molar-refractivity contribution in [2.24, 2.45) is 0 Å². The van der Waals surface area contributed by atoms with Crippen molar-refractivity contribution in [2.45, 2.75) is 4.90 Å². The van der Waals surface area contributed by atoms with E-state index in [0.717, 1.165) is 12.1 Å². The minimum absolute atomic E-state index is 0.0288. The molecule has 4 aromatic rings. The number of benzene rings is 3. The molecular weight excluding hydrogens is 420 g/mol. The maximum absolute atomic E-state index is 12.8. The Kier molecular flexibility index (Phi) is 5.14. The number of sulfonamides is 1. The van der Waals surface area contributed by atoms with Gasteiger partial charge in [0.1, 0.15) is 0 Å². The quantitative estimate of drug-likeness (QED) is 0.465. The van der Waals surface area contributed by atoms with Gasteiger partial charge in [-0.1, -0.05) is 42.1 Å². The molecule has 0 atom stereocenters. The van der Waals surface area contributed by atoms with Gasteiger partial charge in [-0.15, -0.1) is 0 Å². The summed E-state index contributed by atoms with van der Waals surface area (Å²) in [6, 6.07) is 18.1. The summed E-state index contributed by atoms with van der Waals surface area (Å²) < 4.78 is 28.0. The van der Waals surface area contributed by atoms with E-state index in [0.29, 0.717) is 11.0 Å². The summed E-state index contributed by atoms with van der Waals surface area (Å²) in [7, 11) is -3.97. The summed E-state index contributed by atoms with van der Waals surface area (Å²) in [4.78, 5) is 19.9. The second-order valence-electron chi connectivity index (χ2n) is 6.45. The van der Waals surface area contributed by atoms with Crippen LogP contribution in [0.2, 0.25) is 0 Å². The molecule has 0 radical (unpaired) electrons. The monoisotopic (exact) mass is 434 g/mol. The number of para-hydroxylation sites is 2. The van der Waals surface area contributed by atoms with Gasteiger partial charge in [0.05, 0.1) is 21.9 Å². The highest BCUT2D eigenvalue weighted by Crippen LogP contribution is 2.28. The lowest BCUT2D eigenvalue weighted by atomic mass is 10.2. The number of aromatic nitrogens is 2. The third kappa shape index (κ3) is 4.23. The number of aromatic carboxylic acids is 1. The number of hydrogen-bond donors (Lipinski definition) is 2. The average molecular weight is 434 g/mol. The molecule has 0 bridgehead atoms. The minimum atomic E-state index is -3.97. The molecule has 0 aliphatic carbocycles. The summed E-state index contributed by atoms with van der Waals surface area (Å²) in [6.45, 7) is 0. The van der Waals surface area contributed by atoms with Crippen LogP contribution >= 0.6 is 0 Å². The molecular formula is C21H14N4O5S-2. The van der Waals surface area contributed by atoms with Crippen LogP contribution in [-0.4, -0.2) is 24.4 Å². The fourth-order valence-corrected chi connectivity index (χ4v) is 3.88. The zero-order valence-electron chi connectivity index (χ0n) is 15.8. The first-order valence-corrected chi connectivity index (χ1v) is 10.5. The number of anilines is 3. The summed E-state index contributed by atoms with van der Waals surface area (Å²) in [5.41, 5.74) is 0.589. The van der Waals surface area contributed by atoms with Crippen LogP contribution < -0.4 is 20.3 Å². The number of rotatable bonds is 6. The van der Waals surface area contributed by atoms with Gasteiger partial charge in [-0.05, 0) is 42.0 Å². The minimum Gasteiger partial charge on any atom is -0.872 e. The molecule has 4 rings (SSSR count). The Labute approximate surface area is 177 Å². The third-order valence-corrected chi connectivity index (χ3v) is 5.67. The predicted octanol–water partition coefficient (Wildman–Crippen LogP) is 1.61. The second-order valence-corrected chi connectivity index (χ2v) is 8.13. The van der Waals surface area contributed by atoms with Crippen LogP contribution in [0.1, 0.15) is 10.4 Å². The standard InChI is InChI=1S/C21H16N4O5S/c26-18-11-10-13(12-15(18)21(27)28)22-19-20(24-17-9-5-4-8-16(17)23-19)25-31(29,30)14-6-2-1-3-7-14/h1-12,26H,(H,22,23)(H,24,25)(H,27,28)/p-2. The van der Waals surface area contributed by atoms with Gasteiger partial charge in [-0.2, -0.15) is 0 Å². The molecule has 2 N–H and O–H groups in total. The van der Waals surface area contributed by atoms with Crippen molar-refractivity contribution in [1.82, 2.24) is 9.97 Å². The fraction of sp³-hybridized carbons (Fsp3) is 0. The maximum Gasteiger partial charge on any atom is 0.263 e. The van der Waals surface area contributed by atoms with Gasteiger partial charge in [0.15, 0.2) is 11.6 Å². The molecule has 0 saturated heterocycles. The van der Waals surface area contributed by atoms with E-state index in [2.05, 4.69) is 20.0 Å². The highest BCUT2D eigenvalue weighted by molar-refractivity contribution is 7.92. The van der Waals surface area contributed by atoms with Crippen molar-refractivity contribution in [2.75, 3.05) is 10.0 Å². The van der Waals surface area contributed by atoms with Crippen LogP contribution in [0.3, 0.4) is 0 Å². The largest absolute Gasteiger partial charge is 0.872 e. The number of carboxylic acids is 1. The van der Waals surface area contributed by atoms with E-state index in [4.69, 9.17) is 0 Å². The van der Waals surface area contributed by atoms with Crippen LogP contribution in [0.5, 0.6) is 5.75 Å². The van der Waals surface area contributed by atoms with Crippen LogP contribution in [0, 0.1) is 0 Å². The van der Waals surface area contributed by atoms with Crippen molar-refractivity contribution in [3.63, 3.8) is 0 Å². The lowest BCUT2D eigenvalue weighted by molar-refractivity contribution is -0.276. The van der Waals surface area contributed by atoms with Gasteiger partial charge in [-0.3, -0.25) is 4.72 Å². The zero-order chi connectivity index (χ0) is 22.0. The van der Waals surface area contributed by atoms with E-state index in [1.807, 2.05) is 0 Å². The number of nitrogens with zero attached hydrogens (tertiary/aromatic N) is 2. The van der Waals surface area contributed by atoms with E-state index in [1.54, 1.807) is 42.5 Å². The van der Waals surface area contributed by atoms with Crippen molar-refractivity contribution in [3.05, 3.63) is 78.4 Å². The Balaban J connectivity index is 1.79. The van der Waals surface area contributed by atoms with Crippen molar-refractivity contribution >= 4 is 44.3 Å². The number of hydrogen-bond acceptors (Lipinski definition) is 8. The molecule has 0 aliphatic rings. The summed E-state index contributed by atoms with van der Waals surface area (Å²) in [6.07, 6.45) is 0. The Morgan fingerprint density at radius 3 is 2.10 bits per heavy atom. The molecule has 31 heavy (non-hydrogen) atoms. The molecule has 0 saturated carbocycles. The Morgan fingerprint density at radius 1 is 0.839 bits per heavy atom. The highest BCUT2D eigenvalue weighted by atomic mass is 32.2. The highest BCUT2D eigenvalue weighted by Gasteiger charge is 2.19. The van der Waals surface area contributed by atoms with Crippen molar-refractivity contribution < 1.29 is 23.4 Å². The first-order chi connectivity index (χ1) is 14.8. The normalized spacial score (nSPS) is 11.2. The van der Waals surface area contributed by atoms with Crippen molar-refractivity contribution in [1.29, 1.82) is 0 Å². The molecule has 10 heteroatoms. The molecule has 156 valence electrons. The van der Waals surface area contributed by atoms with E-state index in [9.17, 15) is 23.4 Å². The lowest BCUT2D eigenvalue weighted by Crippen LogP contribution is -2.23. The lowest BCUT2D eigenvalue weighted by Gasteiger charge is -2.17.